The van der Waals surface area contributed by atoms with Crippen LogP contribution in [0.4, 0.5) is 0 Å². The first kappa shape index (κ1) is 20.6. The van der Waals surface area contributed by atoms with Crippen molar-refractivity contribution in [3.63, 3.8) is 0 Å². The molecule has 7 nitrogen and oxygen atoms in total. The molecule has 0 saturated carbocycles. The van der Waals surface area contributed by atoms with Crippen LogP contribution in [0, 0.1) is 0 Å². The van der Waals surface area contributed by atoms with Crippen molar-refractivity contribution < 1.29 is 9.53 Å². The number of carbonyl (C=O) groups is 1. The lowest BCUT2D eigenvalue weighted by molar-refractivity contribution is 0.0954. The lowest BCUT2D eigenvalue weighted by Crippen LogP contribution is -2.19. The quantitative estimate of drug-likeness (QED) is 0.350. The molecule has 3 rings (SSSR count). The third kappa shape index (κ3) is 5.68. The SMILES string of the molecule is COc1ccccc1C/C(C)=N\NC(=O)c1ccc(CSc2nncn2C)cc1. The van der Waals surface area contributed by atoms with Gasteiger partial charge in [0.2, 0.25) is 0 Å². The first-order valence-electron chi connectivity index (χ1n) is 9.08. The number of para-hydroxylation sites is 1. The first-order chi connectivity index (χ1) is 14.1. The molecule has 150 valence electrons. The van der Waals surface area contributed by atoms with Gasteiger partial charge in [0, 0.05) is 30.5 Å². The molecule has 0 saturated heterocycles. The van der Waals surface area contributed by atoms with Gasteiger partial charge in [-0.15, -0.1) is 10.2 Å². The fourth-order valence-electron chi connectivity index (χ4n) is 2.68. The Morgan fingerprint density at radius 3 is 2.66 bits per heavy atom. The van der Waals surface area contributed by atoms with E-state index < -0.39 is 0 Å². The molecule has 0 atom stereocenters. The van der Waals surface area contributed by atoms with Gasteiger partial charge in [-0.25, -0.2) is 5.43 Å². The summed E-state index contributed by atoms with van der Waals surface area (Å²) in [5.74, 6) is 1.32. The third-order valence-electron chi connectivity index (χ3n) is 4.24. The number of carbonyl (C=O) groups excluding carboxylic acids is 1. The van der Waals surface area contributed by atoms with E-state index in [0.29, 0.717) is 12.0 Å². The van der Waals surface area contributed by atoms with Crippen LogP contribution in [0.3, 0.4) is 0 Å². The van der Waals surface area contributed by atoms with Crippen LogP contribution in [0.25, 0.3) is 0 Å². The van der Waals surface area contributed by atoms with Crippen molar-refractivity contribution in [2.75, 3.05) is 7.11 Å². The molecular formula is C21H23N5O2S. The van der Waals surface area contributed by atoms with E-state index in [-0.39, 0.29) is 5.91 Å². The maximum atomic E-state index is 12.4. The molecule has 0 aliphatic heterocycles. The number of nitrogens with one attached hydrogen (secondary N) is 1. The highest BCUT2D eigenvalue weighted by molar-refractivity contribution is 7.98. The van der Waals surface area contributed by atoms with Crippen LogP contribution in [0.2, 0.25) is 0 Å². The van der Waals surface area contributed by atoms with Gasteiger partial charge in [0.25, 0.3) is 5.91 Å². The number of ether oxygens (including phenoxy) is 1. The summed E-state index contributed by atoms with van der Waals surface area (Å²) in [6, 6.07) is 15.2. The summed E-state index contributed by atoms with van der Waals surface area (Å²) < 4.78 is 7.22. The minimum atomic E-state index is -0.239. The highest BCUT2D eigenvalue weighted by Crippen LogP contribution is 2.20. The minimum absolute atomic E-state index is 0.239. The molecule has 1 N–H and O–H groups in total. The largest absolute Gasteiger partial charge is 0.496 e. The van der Waals surface area contributed by atoms with Crippen LogP contribution in [-0.2, 0) is 19.2 Å². The van der Waals surface area contributed by atoms with E-state index in [1.54, 1.807) is 37.3 Å². The summed E-state index contributed by atoms with van der Waals surface area (Å²) >= 11 is 1.60. The molecule has 1 aromatic heterocycles. The molecule has 0 spiro atoms. The highest BCUT2D eigenvalue weighted by atomic mass is 32.2. The fraction of sp³-hybridized carbons (Fsp3) is 0.238. The molecular weight excluding hydrogens is 386 g/mol. The van der Waals surface area contributed by atoms with E-state index in [9.17, 15) is 4.79 Å². The Morgan fingerprint density at radius 1 is 1.21 bits per heavy atom. The second-order valence-electron chi connectivity index (χ2n) is 6.49. The summed E-state index contributed by atoms with van der Waals surface area (Å²) in [4.78, 5) is 12.4. The Bertz CT molecular complexity index is 998. The number of thioether (sulfide) groups is 1. The van der Waals surface area contributed by atoms with Crippen molar-refractivity contribution in [1.82, 2.24) is 20.2 Å². The lowest BCUT2D eigenvalue weighted by Gasteiger charge is -2.08. The molecule has 8 heteroatoms. The number of hydrogen-bond acceptors (Lipinski definition) is 6. The highest BCUT2D eigenvalue weighted by Gasteiger charge is 2.07. The van der Waals surface area contributed by atoms with Crippen LogP contribution in [0.5, 0.6) is 5.75 Å². The van der Waals surface area contributed by atoms with Crippen molar-refractivity contribution in [2.24, 2.45) is 12.1 Å². The zero-order chi connectivity index (χ0) is 20.6. The third-order valence-corrected chi connectivity index (χ3v) is 5.35. The van der Waals surface area contributed by atoms with E-state index in [2.05, 4.69) is 20.7 Å². The number of rotatable bonds is 8. The predicted octanol–water partition coefficient (Wildman–Crippen LogP) is 3.46. The maximum Gasteiger partial charge on any atom is 0.271 e. The molecule has 2 aromatic carbocycles. The van der Waals surface area contributed by atoms with Crippen molar-refractivity contribution in [2.45, 2.75) is 24.3 Å². The van der Waals surface area contributed by atoms with Gasteiger partial charge in [-0.05, 0) is 36.2 Å². The van der Waals surface area contributed by atoms with E-state index >= 15 is 0 Å². The molecule has 3 aromatic rings. The topological polar surface area (TPSA) is 81.4 Å². The Hall–Kier alpha value is -3.13. The van der Waals surface area contributed by atoms with Crippen LogP contribution in [-0.4, -0.2) is 33.5 Å². The van der Waals surface area contributed by atoms with E-state index in [1.165, 1.54) is 0 Å². The van der Waals surface area contributed by atoms with Crippen LogP contribution < -0.4 is 10.2 Å². The summed E-state index contributed by atoms with van der Waals surface area (Å²) in [5, 5.41) is 13.0. The predicted molar refractivity (Wildman–Crippen MR) is 114 cm³/mol. The summed E-state index contributed by atoms with van der Waals surface area (Å²) in [7, 11) is 3.55. The standard InChI is InChI=1S/C21H23N5O2S/c1-15(12-18-6-4-5-7-19(18)28-3)23-24-20(27)17-10-8-16(9-11-17)13-29-21-25-22-14-26(21)2/h4-11,14H,12-13H2,1-3H3,(H,24,27)/b23-15-. The van der Waals surface area contributed by atoms with Crippen molar-refractivity contribution in [3.05, 3.63) is 71.5 Å². The molecule has 0 bridgehead atoms. The second kappa shape index (κ2) is 9.88. The number of amides is 1. The Morgan fingerprint density at radius 2 is 1.97 bits per heavy atom. The van der Waals surface area contributed by atoms with Crippen molar-refractivity contribution in [1.29, 1.82) is 0 Å². The first-order valence-corrected chi connectivity index (χ1v) is 10.1. The van der Waals surface area contributed by atoms with Crippen molar-refractivity contribution in [3.8, 4) is 5.75 Å². The Kier molecular flexibility index (Phi) is 7.02. The zero-order valence-electron chi connectivity index (χ0n) is 16.6. The van der Waals surface area contributed by atoms with Gasteiger partial charge in [-0.3, -0.25) is 4.79 Å². The average Bonchev–Trinajstić information content (AvgIpc) is 3.16. The number of hydrogen-bond donors (Lipinski definition) is 1. The second-order valence-corrected chi connectivity index (χ2v) is 7.43. The van der Waals surface area contributed by atoms with Gasteiger partial charge in [0.1, 0.15) is 12.1 Å². The van der Waals surface area contributed by atoms with Crippen LogP contribution in [0.15, 0.2) is 65.1 Å². The Balaban J connectivity index is 1.54. The number of methoxy groups -OCH3 is 1. The van der Waals surface area contributed by atoms with Gasteiger partial charge < -0.3 is 9.30 Å². The molecule has 0 radical (unpaired) electrons. The van der Waals surface area contributed by atoms with Crippen molar-refractivity contribution >= 4 is 23.4 Å². The van der Waals surface area contributed by atoms with Gasteiger partial charge >= 0.3 is 0 Å². The molecule has 0 aliphatic carbocycles. The minimum Gasteiger partial charge on any atom is -0.496 e. The summed E-state index contributed by atoms with van der Waals surface area (Å²) in [5.41, 5.74) is 6.10. The van der Waals surface area contributed by atoms with Gasteiger partial charge in [0.05, 0.1) is 7.11 Å². The van der Waals surface area contributed by atoms with E-state index in [0.717, 1.165) is 33.5 Å². The summed E-state index contributed by atoms with van der Waals surface area (Å²) in [6.07, 6.45) is 2.27. The molecule has 0 fully saturated rings. The fourth-order valence-corrected chi connectivity index (χ4v) is 3.52. The van der Waals surface area contributed by atoms with E-state index in [1.807, 2.05) is 54.9 Å². The average molecular weight is 410 g/mol. The van der Waals surface area contributed by atoms with E-state index in [4.69, 9.17) is 4.74 Å². The normalized spacial score (nSPS) is 11.3. The molecule has 1 amide bonds. The summed E-state index contributed by atoms with van der Waals surface area (Å²) in [6.45, 7) is 1.87. The molecule has 0 unspecified atom stereocenters. The Labute approximate surface area is 174 Å². The number of aromatic nitrogens is 3. The monoisotopic (exact) mass is 409 g/mol. The molecule has 0 aliphatic rings. The number of benzene rings is 2. The molecule has 1 heterocycles. The molecule has 29 heavy (non-hydrogen) atoms. The number of nitrogens with zero attached hydrogens (tertiary/aromatic N) is 4. The smallest absolute Gasteiger partial charge is 0.271 e. The van der Waals surface area contributed by atoms with Crippen LogP contribution >= 0.6 is 11.8 Å². The lowest BCUT2D eigenvalue weighted by atomic mass is 10.1. The zero-order valence-corrected chi connectivity index (χ0v) is 17.4. The van der Waals surface area contributed by atoms with Gasteiger partial charge in [0.15, 0.2) is 5.16 Å². The number of aryl methyl sites for hydroxylation is 1. The maximum absolute atomic E-state index is 12.4. The van der Waals surface area contributed by atoms with Gasteiger partial charge in [-0.1, -0.05) is 42.1 Å². The van der Waals surface area contributed by atoms with Crippen LogP contribution in [0.1, 0.15) is 28.4 Å². The van der Waals surface area contributed by atoms with Gasteiger partial charge in [-0.2, -0.15) is 5.10 Å². The number of hydrazone groups is 1.